The Morgan fingerprint density at radius 3 is 2.07 bits per heavy atom. The largest absolute Gasteiger partial charge is 0.345 e. The fraction of sp³-hybridized carbons (Fsp3) is 0.556. The fourth-order valence-corrected chi connectivity index (χ4v) is 2.67. The van der Waals surface area contributed by atoms with E-state index in [1.807, 2.05) is 25.3 Å². The molecular formula is C9H16N2O2S. The Morgan fingerprint density at radius 2 is 1.86 bits per heavy atom. The van der Waals surface area contributed by atoms with Gasteiger partial charge in [-0.25, -0.2) is 13.6 Å². The molecule has 0 atom stereocenters. The van der Waals surface area contributed by atoms with Crippen molar-refractivity contribution in [1.29, 1.82) is 0 Å². The van der Waals surface area contributed by atoms with Crippen molar-refractivity contribution >= 4 is 10.0 Å². The van der Waals surface area contributed by atoms with Crippen molar-refractivity contribution < 1.29 is 8.42 Å². The minimum Gasteiger partial charge on any atom is -0.345 e. The van der Waals surface area contributed by atoms with E-state index in [1.54, 1.807) is 13.0 Å². The number of hydrogen-bond donors (Lipinski definition) is 1. The molecular weight excluding hydrogens is 200 g/mol. The predicted octanol–water partition coefficient (Wildman–Crippen LogP) is 1.33. The van der Waals surface area contributed by atoms with Gasteiger partial charge < -0.3 is 4.57 Å². The zero-order valence-electron chi connectivity index (χ0n) is 8.90. The first-order valence-electron chi connectivity index (χ1n) is 4.46. The molecule has 0 saturated carbocycles. The minimum absolute atomic E-state index is 0.226. The molecule has 0 unspecified atom stereocenters. The van der Waals surface area contributed by atoms with E-state index >= 15 is 0 Å². The molecule has 1 heterocycles. The van der Waals surface area contributed by atoms with Crippen LogP contribution in [0.2, 0.25) is 0 Å². The maximum Gasteiger partial charge on any atom is 0.239 e. The first-order valence-corrected chi connectivity index (χ1v) is 6.01. The molecule has 1 aromatic rings. The quantitative estimate of drug-likeness (QED) is 0.810. The van der Waals surface area contributed by atoms with Crippen LogP contribution in [0, 0.1) is 13.8 Å². The number of nitrogens with two attached hydrogens (primary N) is 1. The summed E-state index contributed by atoms with van der Waals surface area (Å²) in [6, 6.07) is 1.86. The van der Waals surface area contributed by atoms with Gasteiger partial charge in [0.2, 0.25) is 10.0 Å². The van der Waals surface area contributed by atoms with Gasteiger partial charge in [0.05, 0.1) is 0 Å². The van der Waals surface area contributed by atoms with Crippen molar-refractivity contribution in [1.82, 2.24) is 4.57 Å². The number of aryl methyl sites for hydroxylation is 1. The highest BCUT2D eigenvalue weighted by Gasteiger charge is 2.18. The van der Waals surface area contributed by atoms with E-state index in [0.29, 0.717) is 5.69 Å². The van der Waals surface area contributed by atoms with E-state index in [4.69, 9.17) is 5.14 Å². The molecule has 0 bridgehead atoms. The molecule has 14 heavy (non-hydrogen) atoms. The summed E-state index contributed by atoms with van der Waals surface area (Å²) < 4.78 is 24.4. The number of rotatable bonds is 2. The monoisotopic (exact) mass is 216 g/mol. The van der Waals surface area contributed by atoms with Crippen molar-refractivity contribution in [2.45, 2.75) is 38.6 Å². The van der Waals surface area contributed by atoms with E-state index in [0.717, 1.165) is 5.69 Å². The lowest BCUT2D eigenvalue weighted by molar-refractivity contribution is 0.567. The van der Waals surface area contributed by atoms with Crippen LogP contribution in [-0.4, -0.2) is 13.0 Å². The third-order valence-corrected chi connectivity index (χ3v) is 3.29. The summed E-state index contributed by atoms with van der Waals surface area (Å²) in [7, 11) is -3.59. The normalized spacial score (nSPS) is 12.4. The Balaban J connectivity index is 3.47. The highest BCUT2D eigenvalue weighted by molar-refractivity contribution is 7.89. The van der Waals surface area contributed by atoms with Gasteiger partial charge in [0.15, 0.2) is 0 Å². The molecule has 0 aliphatic carbocycles. The second-order valence-corrected chi connectivity index (χ2v) is 5.27. The molecule has 0 saturated heterocycles. The van der Waals surface area contributed by atoms with E-state index in [1.165, 1.54) is 0 Å². The Labute approximate surface area is 84.8 Å². The Bertz CT molecular complexity index is 444. The Hall–Kier alpha value is -0.810. The van der Waals surface area contributed by atoms with Gasteiger partial charge in [-0.15, -0.1) is 0 Å². The van der Waals surface area contributed by atoms with Gasteiger partial charge in [0.25, 0.3) is 0 Å². The van der Waals surface area contributed by atoms with Gasteiger partial charge in [-0.05, 0) is 33.8 Å². The van der Waals surface area contributed by atoms with E-state index in [9.17, 15) is 8.42 Å². The van der Waals surface area contributed by atoms with E-state index in [-0.39, 0.29) is 10.9 Å². The number of nitrogens with zero attached hydrogens (tertiary/aromatic N) is 1. The summed E-state index contributed by atoms with van der Waals surface area (Å²) >= 11 is 0. The van der Waals surface area contributed by atoms with Gasteiger partial charge in [0, 0.05) is 17.4 Å². The third kappa shape index (κ3) is 1.83. The second kappa shape index (κ2) is 3.40. The first-order chi connectivity index (χ1) is 6.25. The van der Waals surface area contributed by atoms with E-state index < -0.39 is 10.0 Å². The lowest BCUT2D eigenvalue weighted by Gasteiger charge is -2.13. The SMILES string of the molecule is Cc1cc(S(N)(=O)=O)c(C)n1C(C)C. The third-order valence-electron chi connectivity index (χ3n) is 2.26. The summed E-state index contributed by atoms with van der Waals surface area (Å²) in [4.78, 5) is 0.226. The molecule has 1 aromatic heterocycles. The highest BCUT2D eigenvalue weighted by atomic mass is 32.2. The number of sulfonamides is 1. The van der Waals surface area contributed by atoms with Gasteiger partial charge in [-0.1, -0.05) is 0 Å². The molecule has 5 heteroatoms. The zero-order valence-corrected chi connectivity index (χ0v) is 9.72. The summed E-state index contributed by atoms with van der Waals surface area (Å²) in [6.07, 6.45) is 0. The molecule has 0 aliphatic heterocycles. The van der Waals surface area contributed by atoms with Crippen LogP contribution >= 0.6 is 0 Å². The average molecular weight is 216 g/mol. The second-order valence-electron chi connectivity index (χ2n) is 3.74. The van der Waals surface area contributed by atoms with Gasteiger partial charge in [-0.2, -0.15) is 0 Å². The van der Waals surface area contributed by atoms with Crippen LogP contribution in [0.4, 0.5) is 0 Å². The van der Waals surface area contributed by atoms with Crippen LogP contribution in [0.1, 0.15) is 31.3 Å². The van der Waals surface area contributed by atoms with Crippen LogP contribution in [0.5, 0.6) is 0 Å². The van der Waals surface area contributed by atoms with Crippen LogP contribution < -0.4 is 5.14 Å². The van der Waals surface area contributed by atoms with Crippen molar-refractivity contribution in [2.24, 2.45) is 5.14 Å². The predicted molar refractivity (Wildman–Crippen MR) is 55.7 cm³/mol. The topological polar surface area (TPSA) is 65.1 Å². The molecule has 0 aliphatic rings. The summed E-state index contributed by atoms with van der Waals surface area (Å²) in [5.41, 5.74) is 1.63. The summed E-state index contributed by atoms with van der Waals surface area (Å²) in [5.74, 6) is 0. The van der Waals surface area contributed by atoms with Crippen molar-refractivity contribution in [3.63, 3.8) is 0 Å². The Morgan fingerprint density at radius 1 is 1.36 bits per heavy atom. The molecule has 0 radical (unpaired) electrons. The summed E-state index contributed by atoms with van der Waals surface area (Å²) in [6.45, 7) is 7.66. The van der Waals surface area contributed by atoms with Crippen molar-refractivity contribution in [3.05, 3.63) is 17.5 Å². The van der Waals surface area contributed by atoms with Gasteiger partial charge in [-0.3, -0.25) is 0 Å². The molecule has 0 amide bonds. The standard InChI is InChI=1S/C9H16N2O2S/c1-6(2)11-7(3)5-9(8(11)4)14(10,12)13/h5-6H,1-4H3,(H2,10,12,13). The lowest BCUT2D eigenvalue weighted by atomic mass is 10.3. The number of hydrogen-bond acceptors (Lipinski definition) is 2. The zero-order chi connectivity index (χ0) is 11.1. The average Bonchev–Trinajstić information content (AvgIpc) is 2.24. The maximum atomic E-state index is 11.2. The molecule has 0 aromatic carbocycles. The fourth-order valence-electron chi connectivity index (χ4n) is 1.83. The molecule has 0 spiro atoms. The van der Waals surface area contributed by atoms with Crippen LogP contribution in [0.25, 0.3) is 0 Å². The highest BCUT2D eigenvalue weighted by Crippen LogP contribution is 2.22. The van der Waals surface area contributed by atoms with Crippen LogP contribution in [-0.2, 0) is 10.0 Å². The van der Waals surface area contributed by atoms with Crippen molar-refractivity contribution in [3.8, 4) is 0 Å². The minimum atomic E-state index is -3.59. The molecule has 4 nitrogen and oxygen atoms in total. The van der Waals surface area contributed by atoms with Gasteiger partial charge >= 0.3 is 0 Å². The molecule has 80 valence electrons. The maximum absolute atomic E-state index is 11.2. The lowest BCUT2D eigenvalue weighted by Crippen LogP contribution is -2.14. The number of primary sulfonamides is 1. The van der Waals surface area contributed by atoms with Gasteiger partial charge in [0.1, 0.15) is 4.90 Å². The van der Waals surface area contributed by atoms with Crippen LogP contribution in [0.3, 0.4) is 0 Å². The molecule has 0 fully saturated rings. The summed E-state index contributed by atoms with van der Waals surface area (Å²) in [5, 5.41) is 5.10. The van der Waals surface area contributed by atoms with E-state index in [2.05, 4.69) is 0 Å². The first kappa shape index (κ1) is 11.3. The number of aromatic nitrogens is 1. The molecule has 2 N–H and O–H groups in total. The Kier molecular flexibility index (Phi) is 2.74. The van der Waals surface area contributed by atoms with Crippen molar-refractivity contribution in [2.75, 3.05) is 0 Å². The molecule has 1 rings (SSSR count). The van der Waals surface area contributed by atoms with Crippen LogP contribution in [0.15, 0.2) is 11.0 Å². The smallest absolute Gasteiger partial charge is 0.239 e.